The molecule has 1 aliphatic carbocycles. The van der Waals surface area contributed by atoms with E-state index in [1.165, 1.54) is 19.1 Å². The number of aromatic nitrogens is 1. The van der Waals surface area contributed by atoms with E-state index in [4.69, 9.17) is 11.6 Å². The van der Waals surface area contributed by atoms with Crippen molar-refractivity contribution in [2.75, 3.05) is 5.32 Å². The first-order valence-corrected chi connectivity index (χ1v) is 10.5. The van der Waals surface area contributed by atoms with Crippen molar-refractivity contribution in [3.63, 3.8) is 0 Å². The summed E-state index contributed by atoms with van der Waals surface area (Å²) >= 11 is 6.32. The molecular formula is C24H17ClF2N2O4. The normalized spacial score (nSPS) is 16.8. The Kier molecular flexibility index (Phi) is 4.86. The number of carbonyl (C=O) groups excluding carboxylic acids is 2. The smallest absolute Gasteiger partial charge is 0.395 e. The Morgan fingerprint density at radius 1 is 1.00 bits per heavy atom. The molecule has 2 aliphatic rings. The number of anilines is 1. The summed E-state index contributed by atoms with van der Waals surface area (Å²) in [6, 6.07) is 14.4. The molecule has 2 heterocycles. The Morgan fingerprint density at radius 3 is 2.36 bits per heavy atom. The number of rotatable bonds is 5. The van der Waals surface area contributed by atoms with Crippen LogP contribution in [-0.4, -0.2) is 23.0 Å². The van der Waals surface area contributed by atoms with Crippen molar-refractivity contribution in [3.05, 3.63) is 70.7 Å². The van der Waals surface area contributed by atoms with Gasteiger partial charge in [-0.2, -0.15) is 0 Å². The summed E-state index contributed by atoms with van der Waals surface area (Å²) in [6.07, 6.45) is -2.60. The summed E-state index contributed by atoms with van der Waals surface area (Å²) < 4.78 is 35.6. The van der Waals surface area contributed by atoms with Crippen LogP contribution in [0.3, 0.4) is 0 Å². The molecule has 0 saturated heterocycles. The van der Waals surface area contributed by atoms with Crippen molar-refractivity contribution in [2.45, 2.75) is 31.5 Å². The van der Waals surface area contributed by atoms with Crippen LogP contribution in [0.2, 0.25) is 5.02 Å². The van der Waals surface area contributed by atoms with Gasteiger partial charge in [0.2, 0.25) is 5.91 Å². The fourth-order valence-electron chi connectivity index (χ4n) is 3.83. The molecule has 1 N–H and O–H groups in total. The van der Waals surface area contributed by atoms with Crippen molar-refractivity contribution in [2.24, 2.45) is 0 Å². The first kappa shape index (κ1) is 21.3. The van der Waals surface area contributed by atoms with Gasteiger partial charge in [-0.05, 0) is 49.6 Å². The van der Waals surface area contributed by atoms with Crippen LogP contribution >= 0.6 is 11.6 Å². The van der Waals surface area contributed by atoms with Crippen LogP contribution in [-0.2, 0) is 10.2 Å². The minimum absolute atomic E-state index is 0.0522. The summed E-state index contributed by atoms with van der Waals surface area (Å²) in [7, 11) is 0. The van der Waals surface area contributed by atoms with Crippen LogP contribution in [0.1, 0.15) is 35.7 Å². The highest BCUT2D eigenvalue weighted by Crippen LogP contribution is 2.52. The Balaban J connectivity index is 1.38. The number of hydrogen-bond donors (Lipinski definition) is 1. The van der Waals surface area contributed by atoms with Gasteiger partial charge in [-0.3, -0.25) is 9.59 Å². The van der Waals surface area contributed by atoms with E-state index in [-0.39, 0.29) is 23.2 Å². The van der Waals surface area contributed by atoms with E-state index in [1.807, 2.05) is 0 Å². The first-order chi connectivity index (χ1) is 15.7. The lowest BCUT2D eigenvalue weighted by Gasteiger charge is -2.16. The molecule has 1 fully saturated rings. The first-order valence-electron chi connectivity index (χ1n) is 10.2. The summed E-state index contributed by atoms with van der Waals surface area (Å²) in [6.45, 7) is 1.48. The topological polar surface area (TPSA) is 77.5 Å². The number of pyridine rings is 1. The van der Waals surface area contributed by atoms with E-state index in [2.05, 4.69) is 19.8 Å². The highest BCUT2D eigenvalue weighted by molar-refractivity contribution is 6.33. The Labute approximate surface area is 192 Å². The Morgan fingerprint density at radius 2 is 1.70 bits per heavy atom. The molecule has 1 amide bonds. The molecule has 1 aromatic heterocycles. The molecule has 5 rings (SSSR count). The van der Waals surface area contributed by atoms with Crippen molar-refractivity contribution >= 4 is 29.1 Å². The zero-order valence-electron chi connectivity index (χ0n) is 17.3. The van der Waals surface area contributed by atoms with Gasteiger partial charge in [-0.25, -0.2) is 4.98 Å². The number of nitrogens with one attached hydrogen (secondary N) is 1. The van der Waals surface area contributed by atoms with Crippen LogP contribution in [0.15, 0.2) is 54.6 Å². The van der Waals surface area contributed by atoms with Crippen molar-refractivity contribution < 1.29 is 27.8 Å². The predicted molar refractivity (Wildman–Crippen MR) is 117 cm³/mol. The van der Waals surface area contributed by atoms with Gasteiger partial charge in [0.05, 0.1) is 16.1 Å². The number of halogens is 3. The van der Waals surface area contributed by atoms with Gasteiger partial charge in [-0.15, -0.1) is 8.78 Å². The number of ketones is 1. The number of fused-ring (bicyclic) bond motifs is 1. The third kappa shape index (κ3) is 3.91. The average molecular weight is 471 g/mol. The lowest BCUT2D eigenvalue weighted by molar-refractivity contribution is -0.286. The lowest BCUT2D eigenvalue weighted by atomic mass is 9.94. The third-order valence-electron chi connectivity index (χ3n) is 5.79. The monoisotopic (exact) mass is 470 g/mol. The molecule has 1 aliphatic heterocycles. The number of hydrogen-bond acceptors (Lipinski definition) is 5. The van der Waals surface area contributed by atoms with Gasteiger partial charge >= 0.3 is 6.29 Å². The van der Waals surface area contributed by atoms with Crippen molar-refractivity contribution in [3.8, 4) is 22.8 Å². The van der Waals surface area contributed by atoms with Gasteiger partial charge in [0, 0.05) is 11.1 Å². The molecule has 1 saturated carbocycles. The highest BCUT2D eigenvalue weighted by Gasteiger charge is 2.53. The molecule has 2 aromatic carbocycles. The van der Waals surface area contributed by atoms with Crippen molar-refractivity contribution in [1.82, 2.24) is 4.98 Å². The number of amides is 1. The standard InChI is InChI=1S/C24H17ClF2N2O4/c1-13(30)14-2-4-15(5-3-14)21-17(25)7-9-20(28-21)29-22(31)23(10-11-23)16-6-8-18-19(12-16)33-24(26,27)32-18/h2-9,12H,10-11H2,1H3,(H,28,29,31). The van der Waals surface area contributed by atoms with Gasteiger partial charge in [0.15, 0.2) is 17.3 Å². The van der Waals surface area contributed by atoms with Crippen LogP contribution in [0, 0.1) is 0 Å². The number of ether oxygens (including phenoxy) is 2. The largest absolute Gasteiger partial charge is 0.586 e. The molecule has 0 radical (unpaired) electrons. The lowest BCUT2D eigenvalue weighted by Crippen LogP contribution is -2.28. The third-order valence-corrected chi connectivity index (χ3v) is 6.10. The predicted octanol–water partition coefficient (Wildman–Crippen LogP) is 5.60. The van der Waals surface area contributed by atoms with Crippen LogP contribution in [0.4, 0.5) is 14.6 Å². The minimum atomic E-state index is -3.72. The number of alkyl halides is 2. The van der Waals surface area contributed by atoms with Gasteiger partial charge in [0.25, 0.3) is 0 Å². The van der Waals surface area contributed by atoms with E-state index >= 15 is 0 Å². The van der Waals surface area contributed by atoms with Crippen LogP contribution < -0.4 is 14.8 Å². The fourth-order valence-corrected chi connectivity index (χ4v) is 4.05. The summed E-state index contributed by atoms with van der Waals surface area (Å²) in [4.78, 5) is 29.1. The summed E-state index contributed by atoms with van der Waals surface area (Å²) in [5.74, 6) is -0.227. The summed E-state index contributed by atoms with van der Waals surface area (Å²) in [5, 5.41) is 3.20. The van der Waals surface area contributed by atoms with E-state index < -0.39 is 11.7 Å². The van der Waals surface area contributed by atoms with Crippen molar-refractivity contribution in [1.29, 1.82) is 0 Å². The maximum atomic E-state index is 13.3. The zero-order valence-corrected chi connectivity index (χ0v) is 18.1. The number of carbonyl (C=O) groups is 2. The second-order valence-electron chi connectivity index (χ2n) is 8.03. The Hall–Kier alpha value is -3.52. The molecule has 3 aromatic rings. The Bertz CT molecular complexity index is 1290. The van der Waals surface area contributed by atoms with Gasteiger partial charge in [-0.1, -0.05) is 41.9 Å². The molecule has 0 spiro atoms. The van der Waals surface area contributed by atoms with Crippen LogP contribution in [0.25, 0.3) is 11.3 Å². The molecule has 9 heteroatoms. The minimum Gasteiger partial charge on any atom is -0.395 e. The van der Waals surface area contributed by atoms with Gasteiger partial charge < -0.3 is 14.8 Å². The number of benzene rings is 2. The van der Waals surface area contributed by atoms with E-state index in [0.29, 0.717) is 46.1 Å². The maximum Gasteiger partial charge on any atom is 0.586 e. The van der Waals surface area contributed by atoms with E-state index in [0.717, 1.165) is 0 Å². The molecular weight excluding hydrogens is 454 g/mol. The number of nitrogens with zero attached hydrogens (tertiary/aromatic N) is 1. The molecule has 168 valence electrons. The zero-order chi connectivity index (χ0) is 23.4. The fraction of sp³-hybridized carbons (Fsp3) is 0.208. The molecule has 33 heavy (non-hydrogen) atoms. The molecule has 0 unspecified atom stereocenters. The average Bonchev–Trinajstić information content (AvgIpc) is 3.52. The van der Waals surface area contributed by atoms with Crippen LogP contribution in [0.5, 0.6) is 11.5 Å². The number of Topliss-reactive ketones (excluding diaryl/α,β-unsaturated/α-hetero) is 1. The van der Waals surface area contributed by atoms with Gasteiger partial charge in [0.1, 0.15) is 5.82 Å². The maximum absolute atomic E-state index is 13.3. The molecule has 0 atom stereocenters. The molecule has 6 nitrogen and oxygen atoms in total. The summed E-state index contributed by atoms with van der Waals surface area (Å²) in [5.41, 5.74) is 1.42. The quantitative estimate of drug-likeness (QED) is 0.491. The van der Waals surface area contributed by atoms with E-state index in [1.54, 1.807) is 42.5 Å². The second kappa shape index (κ2) is 7.52. The van der Waals surface area contributed by atoms with E-state index in [9.17, 15) is 18.4 Å². The highest BCUT2D eigenvalue weighted by atomic mass is 35.5. The SMILES string of the molecule is CC(=O)c1ccc(-c2nc(NC(=O)C3(c4ccc5c(c4)OC(F)(F)O5)CC3)ccc2Cl)cc1. The second-order valence-corrected chi connectivity index (χ2v) is 8.43. The molecule has 0 bridgehead atoms.